The third-order valence-electron chi connectivity index (χ3n) is 4.21. The maximum absolute atomic E-state index is 13.5. The zero-order valence-electron chi connectivity index (χ0n) is 12.8. The molecule has 1 N–H and O–H groups in total. The van der Waals surface area contributed by atoms with Crippen molar-refractivity contribution in [1.29, 1.82) is 0 Å². The van der Waals surface area contributed by atoms with E-state index >= 15 is 0 Å². The van der Waals surface area contributed by atoms with E-state index in [9.17, 15) is 9.50 Å². The second-order valence-corrected chi connectivity index (χ2v) is 5.82. The molecular formula is C17H16FN3O3. The van der Waals surface area contributed by atoms with Crippen LogP contribution in [-0.2, 0) is 6.54 Å². The van der Waals surface area contributed by atoms with Crippen LogP contribution in [0.25, 0.3) is 11.6 Å². The monoisotopic (exact) mass is 329 g/mol. The summed E-state index contributed by atoms with van der Waals surface area (Å²) in [5.74, 6) is 1.03. The molecule has 0 bridgehead atoms. The number of hydrogen-bond donors (Lipinski definition) is 1. The van der Waals surface area contributed by atoms with Crippen molar-refractivity contribution in [2.24, 2.45) is 0 Å². The van der Waals surface area contributed by atoms with Gasteiger partial charge in [-0.1, -0.05) is 17.3 Å². The van der Waals surface area contributed by atoms with Crippen molar-refractivity contribution in [3.05, 3.63) is 59.9 Å². The Bertz CT molecular complexity index is 818. The Morgan fingerprint density at radius 1 is 1.29 bits per heavy atom. The summed E-state index contributed by atoms with van der Waals surface area (Å²) in [6, 6.07) is 9.52. The van der Waals surface area contributed by atoms with E-state index in [1.807, 2.05) is 11.0 Å². The van der Waals surface area contributed by atoms with Gasteiger partial charge in [0.25, 0.3) is 0 Å². The minimum absolute atomic E-state index is 0.292. The number of aliphatic hydroxyl groups excluding tert-OH is 1. The standard InChI is InChI=1S/C17H16FN3O3/c18-12-4-1-3-11(9-12)16-13(22)6-7-21(16)10-15-19-17(20-24-15)14-5-2-8-23-14/h1-5,8-9,13,16,22H,6-7,10H2/t13-,16-/m1/s1. The molecule has 4 rings (SSSR count). The maximum atomic E-state index is 13.5. The summed E-state index contributed by atoms with van der Waals surface area (Å²) in [4.78, 5) is 6.33. The highest BCUT2D eigenvalue weighted by molar-refractivity contribution is 5.44. The predicted molar refractivity (Wildman–Crippen MR) is 82.2 cm³/mol. The number of nitrogens with zero attached hydrogens (tertiary/aromatic N) is 3. The molecule has 0 radical (unpaired) electrons. The Balaban J connectivity index is 1.55. The number of hydrogen-bond acceptors (Lipinski definition) is 6. The lowest BCUT2D eigenvalue weighted by molar-refractivity contribution is 0.106. The lowest BCUT2D eigenvalue weighted by atomic mass is 10.0. The first kappa shape index (κ1) is 15.0. The van der Waals surface area contributed by atoms with Crippen molar-refractivity contribution in [2.75, 3.05) is 6.54 Å². The lowest BCUT2D eigenvalue weighted by Crippen LogP contribution is -2.27. The molecule has 1 fully saturated rings. The molecule has 0 saturated carbocycles. The zero-order chi connectivity index (χ0) is 16.5. The van der Waals surface area contributed by atoms with Crippen LogP contribution in [0.5, 0.6) is 0 Å². The van der Waals surface area contributed by atoms with Crippen LogP contribution in [0.3, 0.4) is 0 Å². The number of aromatic nitrogens is 2. The lowest BCUT2D eigenvalue weighted by Gasteiger charge is -2.25. The second kappa shape index (κ2) is 6.18. The number of furan rings is 1. The molecule has 1 saturated heterocycles. The molecule has 1 aromatic carbocycles. The minimum Gasteiger partial charge on any atom is -0.461 e. The van der Waals surface area contributed by atoms with Gasteiger partial charge in [0.15, 0.2) is 5.76 Å². The van der Waals surface area contributed by atoms with E-state index in [4.69, 9.17) is 8.94 Å². The van der Waals surface area contributed by atoms with Crippen LogP contribution < -0.4 is 0 Å². The van der Waals surface area contributed by atoms with Crippen LogP contribution in [0, 0.1) is 5.82 Å². The number of halogens is 1. The van der Waals surface area contributed by atoms with Gasteiger partial charge in [0.2, 0.25) is 11.7 Å². The Labute approximate surface area is 137 Å². The minimum atomic E-state index is -0.556. The third-order valence-corrected chi connectivity index (χ3v) is 4.21. The number of rotatable bonds is 4. The van der Waals surface area contributed by atoms with Gasteiger partial charge in [-0.05, 0) is 36.2 Å². The van der Waals surface area contributed by atoms with Gasteiger partial charge in [-0.25, -0.2) is 4.39 Å². The summed E-state index contributed by atoms with van der Waals surface area (Å²) >= 11 is 0. The molecular weight excluding hydrogens is 313 g/mol. The summed E-state index contributed by atoms with van der Waals surface area (Å²) < 4.78 is 24.0. The fourth-order valence-corrected chi connectivity index (χ4v) is 3.14. The average molecular weight is 329 g/mol. The molecule has 0 amide bonds. The van der Waals surface area contributed by atoms with E-state index in [2.05, 4.69) is 10.1 Å². The largest absolute Gasteiger partial charge is 0.461 e. The van der Waals surface area contributed by atoms with Crippen molar-refractivity contribution in [1.82, 2.24) is 15.0 Å². The van der Waals surface area contributed by atoms with Crippen LogP contribution >= 0.6 is 0 Å². The van der Waals surface area contributed by atoms with E-state index in [0.29, 0.717) is 37.0 Å². The van der Waals surface area contributed by atoms with Crippen LogP contribution in [0.1, 0.15) is 23.9 Å². The van der Waals surface area contributed by atoms with E-state index in [1.165, 1.54) is 12.1 Å². The van der Waals surface area contributed by atoms with Crippen molar-refractivity contribution < 1.29 is 18.4 Å². The first-order chi connectivity index (χ1) is 11.7. The Kier molecular flexibility index (Phi) is 3.87. The molecule has 2 aromatic heterocycles. The summed E-state index contributed by atoms with van der Waals surface area (Å²) in [5, 5.41) is 14.2. The number of aliphatic hydroxyl groups is 1. The Hall–Kier alpha value is -2.51. The zero-order valence-corrected chi connectivity index (χ0v) is 12.8. The third kappa shape index (κ3) is 2.83. The smallest absolute Gasteiger partial charge is 0.241 e. The average Bonchev–Trinajstić information content (AvgIpc) is 3.29. The van der Waals surface area contributed by atoms with E-state index in [1.54, 1.807) is 24.5 Å². The van der Waals surface area contributed by atoms with Gasteiger partial charge in [-0.2, -0.15) is 4.98 Å². The van der Waals surface area contributed by atoms with Gasteiger partial charge in [0.1, 0.15) is 5.82 Å². The molecule has 24 heavy (non-hydrogen) atoms. The molecule has 3 heterocycles. The molecule has 1 aliphatic heterocycles. The number of benzene rings is 1. The topological polar surface area (TPSA) is 75.5 Å². The van der Waals surface area contributed by atoms with Gasteiger partial charge < -0.3 is 14.0 Å². The second-order valence-electron chi connectivity index (χ2n) is 5.82. The molecule has 7 heteroatoms. The summed E-state index contributed by atoms with van der Waals surface area (Å²) in [6.45, 7) is 1.05. The predicted octanol–water partition coefficient (Wildman–Crippen LogP) is 2.78. The van der Waals surface area contributed by atoms with Crippen LogP contribution in [-0.4, -0.2) is 32.8 Å². The highest BCUT2D eigenvalue weighted by Gasteiger charge is 2.35. The fourth-order valence-electron chi connectivity index (χ4n) is 3.14. The SMILES string of the molecule is O[C@@H]1CCN(Cc2nc(-c3ccco3)no2)[C@@H]1c1cccc(F)c1. The highest BCUT2D eigenvalue weighted by atomic mass is 19.1. The normalized spacial score (nSPS) is 21.4. The summed E-state index contributed by atoms with van der Waals surface area (Å²) in [7, 11) is 0. The van der Waals surface area contributed by atoms with Gasteiger partial charge in [-0.15, -0.1) is 0 Å². The van der Waals surface area contributed by atoms with E-state index in [0.717, 1.165) is 5.56 Å². The molecule has 1 aliphatic rings. The molecule has 0 aliphatic carbocycles. The molecule has 3 aromatic rings. The fraction of sp³-hybridized carbons (Fsp3) is 0.294. The Morgan fingerprint density at radius 2 is 2.21 bits per heavy atom. The highest BCUT2D eigenvalue weighted by Crippen LogP contribution is 2.33. The van der Waals surface area contributed by atoms with Crippen LogP contribution in [0.4, 0.5) is 4.39 Å². The first-order valence-corrected chi connectivity index (χ1v) is 7.75. The van der Waals surface area contributed by atoms with Gasteiger partial charge in [-0.3, -0.25) is 4.90 Å². The molecule has 124 valence electrons. The molecule has 6 nitrogen and oxygen atoms in total. The van der Waals surface area contributed by atoms with Crippen LogP contribution in [0.2, 0.25) is 0 Å². The first-order valence-electron chi connectivity index (χ1n) is 7.75. The van der Waals surface area contributed by atoms with Crippen molar-refractivity contribution in [2.45, 2.75) is 25.1 Å². The summed E-state index contributed by atoms with van der Waals surface area (Å²) in [6.07, 6.45) is 1.60. The van der Waals surface area contributed by atoms with Gasteiger partial charge in [0.05, 0.1) is 25.0 Å². The Morgan fingerprint density at radius 3 is 3.00 bits per heavy atom. The van der Waals surface area contributed by atoms with Gasteiger partial charge in [0, 0.05) is 6.54 Å². The molecule has 2 atom stereocenters. The molecule has 0 spiro atoms. The molecule has 0 unspecified atom stereocenters. The quantitative estimate of drug-likeness (QED) is 0.793. The summed E-state index contributed by atoms with van der Waals surface area (Å²) in [5.41, 5.74) is 0.741. The maximum Gasteiger partial charge on any atom is 0.241 e. The van der Waals surface area contributed by atoms with E-state index in [-0.39, 0.29) is 11.9 Å². The van der Waals surface area contributed by atoms with E-state index < -0.39 is 6.10 Å². The van der Waals surface area contributed by atoms with Gasteiger partial charge >= 0.3 is 0 Å². The van der Waals surface area contributed by atoms with Crippen LogP contribution in [0.15, 0.2) is 51.6 Å². The van der Waals surface area contributed by atoms with Crippen molar-refractivity contribution in [3.8, 4) is 11.6 Å². The van der Waals surface area contributed by atoms with Crippen molar-refractivity contribution >= 4 is 0 Å². The van der Waals surface area contributed by atoms with Crippen molar-refractivity contribution in [3.63, 3.8) is 0 Å². The number of likely N-dealkylation sites (tertiary alicyclic amines) is 1.